The maximum Gasteiger partial charge on any atom is 0.253 e. The maximum absolute atomic E-state index is 12.6. The van der Waals surface area contributed by atoms with E-state index in [4.69, 9.17) is 0 Å². The van der Waals surface area contributed by atoms with Crippen molar-refractivity contribution in [1.29, 1.82) is 0 Å². The number of carbonyl (C=O) groups excluding carboxylic acids is 2. The van der Waals surface area contributed by atoms with Crippen molar-refractivity contribution in [3.8, 4) is 0 Å². The fourth-order valence-electron chi connectivity index (χ4n) is 3.64. The quantitative estimate of drug-likeness (QED) is 0.697. The Hall–Kier alpha value is -2.35. The molecule has 0 bridgehead atoms. The average Bonchev–Trinajstić information content (AvgIpc) is 3.25. The van der Waals surface area contributed by atoms with Crippen LogP contribution in [-0.4, -0.2) is 38.4 Å². The maximum atomic E-state index is 12.6. The molecule has 148 valence electrons. The third kappa shape index (κ3) is 4.38. The van der Waals surface area contributed by atoms with E-state index in [1.165, 1.54) is 11.8 Å². The summed E-state index contributed by atoms with van der Waals surface area (Å²) >= 11 is 1.38. The van der Waals surface area contributed by atoms with Gasteiger partial charge in [0, 0.05) is 12.1 Å². The lowest BCUT2D eigenvalue weighted by molar-refractivity contribution is -0.113. The topological polar surface area (TPSA) is 88.9 Å². The number of nitrogens with zero attached hydrogens (tertiary/aromatic N) is 3. The number of hydrogen-bond donors (Lipinski definition) is 2. The molecule has 0 saturated heterocycles. The van der Waals surface area contributed by atoms with Crippen LogP contribution in [0.3, 0.4) is 0 Å². The Bertz CT molecular complexity index is 871. The van der Waals surface area contributed by atoms with Gasteiger partial charge in [0.25, 0.3) is 5.91 Å². The second-order valence-electron chi connectivity index (χ2n) is 7.47. The summed E-state index contributed by atoms with van der Waals surface area (Å²) in [6, 6.07) is 7.87. The summed E-state index contributed by atoms with van der Waals surface area (Å²) in [5, 5.41) is 15.1. The Morgan fingerprint density at radius 3 is 2.64 bits per heavy atom. The molecular weight excluding hydrogens is 374 g/mol. The van der Waals surface area contributed by atoms with Gasteiger partial charge in [0.1, 0.15) is 5.82 Å². The van der Waals surface area contributed by atoms with Gasteiger partial charge in [-0.3, -0.25) is 9.59 Å². The van der Waals surface area contributed by atoms with Crippen LogP contribution in [0, 0.1) is 6.92 Å². The summed E-state index contributed by atoms with van der Waals surface area (Å²) in [4.78, 5) is 25.1. The molecule has 8 heteroatoms. The lowest BCUT2D eigenvalue weighted by atomic mass is 10.1. The van der Waals surface area contributed by atoms with Gasteiger partial charge in [0.05, 0.1) is 17.0 Å². The molecule has 2 N–H and O–H groups in total. The molecule has 2 saturated carbocycles. The molecule has 2 fully saturated rings. The van der Waals surface area contributed by atoms with Crippen molar-refractivity contribution in [3.63, 3.8) is 0 Å². The smallest absolute Gasteiger partial charge is 0.253 e. The number of aryl methyl sites for hydroxylation is 1. The third-order valence-electron chi connectivity index (χ3n) is 5.22. The number of hydrogen-bond acceptors (Lipinski definition) is 5. The van der Waals surface area contributed by atoms with Gasteiger partial charge < -0.3 is 15.2 Å². The van der Waals surface area contributed by atoms with Crippen molar-refractivity contribution < 1.29 is 9.59 Å². The summed E-state index contributed by atoms with van der Waals surface area (Å²) in [7, 11) is 0. The molecule has 0 atom stereocenters. The number of para-hydroxylation sites is 1. The molecule has 2 amide bonds. The molecular formula is C20H25N5O2S. The number of amides is 2. The highest BCUT2D eigenvalue weighted by atomic mass is 32.2. The highest BCUT2D eigenvalue weighted by Crippen LogP contribution is 2.38. The van der Waals surface area contributed by atoms with Crippen LogP contribution in [0.2, 0.25) is 0 Å². The van der Waals surface area contributed by atoms with Gasteiger partial charge in [-0.25, -0.2) is 0 Å². The van der Waals surface area contributed by atoms with Crippen molar-refractivity contribution >= 4 is 29.3 Å². The van der Waals surface area contributed by atoms with E-state index in [2.05, 4.69) is 25.4 Å². The zero-order valence-electron chi connectivity index (χ0n) is 16.0. The van der Waals surface area contributed by atoms with Gasteiger partial charge in [-0.05, 0) is 44.7 Å². The lowest BCUT2D eigenvalue weighted by Crippen LogP contribution is -2.33. The standard InChI is InChI=1S/C20H25N5O2S/c1-13-23-24-20(25(13)15-10-11-15)28-12-18(26)22-17-9-5-4-8-16(17)19(27)21-14-6-2-3-7-14/h4-5,8-9,14-15H,2-3,6-7,10-12H2,1H3,(H,21,27)(H,22,26). The predicted octanol–water partition coefficient (Wildman–Crippen LogP) is 3.32. The summed E-state index contributed by atoms with van der Waals surface area (Å²) in [5.74, 6) is 0.830. The molecule has 2 aliphatic rings. The highest BCUT2D eigenvalue weighted by Gasteiger charge is 2.28. The van der Waals surface area contributed by atoms with Gasteiger partial charge in [0.2, 0.25) is 5.91 Å². The zero-order chi connectivity index (χ0) is 19.5. The number of carbonyl (C=O) groups is 2. The van der Waals surface area contributed by atoms with Crippen molar-refractivity contribution in [2.45, 2.75) is 62.7 Å². The van der Waals surface area contributed by atoms with E-state index in [1.54, 1.807) is 12.1 Å². The van der Waals surface area contributed by atoms with Gasteiger partial charge in [0.15, 0.2) is 5.16 Å². The van der Waals surface area contributed by atoms with Gasteiger partial charge >= 0.3 is 0 Å². The second-order valence-corrected chi connectivity index (χ2v) is 8.41. The lowest BCUT2D eigenvalue weighted by Gasteiger charge is -2.15. The molecule has 2 aliphatic carbocycles. The minimum atomic E-state index is -0.158. The Morgan fingerprint density at radius 1 is 1.14 bits per heavy atom. The Morgan fingerprint density at radius 2 is 1.89 bits per heavy atom. The molecule has 0 radical (unpaired) electrons. The van der Waals surface area contributed by atoms with Crippen molar-refractivity contribution in [2.24, 2.45) is 0 Å². The van der Waals surface area contributed by atoms with Crippen LogP contribution in [0.25, 0.3) is 0 Å². The molecule has 1 aromatic heterocycles. The fraction of sp³-hybridized carbons (Fsp3) is 0.500. The molecule has 0 spiro atoms. The first-order chi connectivity index (χ1) is 13.6. The molecule has 7 nitrogen and oxygen atoms in total. The average molecular weight is 400 g/mol. The Kier molecular flexibility index (Phi) is 5.66. The summed E-state index contributed by atoms with van der Waals surface area (Å²) < 4.78 is 2.11. The fourth-order valence-corrected chi connectivity index (χ4v) is 4.49. The first-order valence-corrected chi connectivity index (χ1v) is 10.8. The van der Waals surface area contributed by atoms with Gasteiger partial charge in [-0.1, -0.05) is 36.7 Å². The van der Waals surface area contributed by atoms with Crippen LogP contribution in [0.4, 0.5) is 5.69 Å². The van der Waals surface area contributed by atoms with Crippen LogP contribution in [0.15, 0.2) is 29.4 Å². The van der Waals surface area contributed by atoms with Crippen LogP contribution in [-0.2, 0) is 4.79 Å². The Balaban J connectivity index is 1.37. The number of thioether (sulfide) groups is 1. The second kappa shape index (κ2) is 8.34. The van der Waals surface area contributed by atoms with Crippen molar-refractivity contribution in [3.05, 3.63) is 35.7 Å². The molecule has 4 rings (SSSR count). The molecule has 2 aromatic rings. The number of rotatable bonds is 7. The molecule has 0 unspecified atom stereocenters. The summed E-state index contributed by atoms with van der Waals surface area (Å²) in [6.07, 6.45) is 6.65. The number of aromatic nitrogens is 3. The van der Waals surface area contributed by atoms with Gasteiger partial charge in [-0.2, -0.15) is 0 Å². The van der Waals surface area contributed by atoms with E-state index >= 15 is 0 Å². The van der Waals surface area contributed by atoms with E-state index in [0.717, 1.165) is 49.5 Å². The zero-order valence-corrected chi connectivity index (χ0v) is 16.8. The number of nitrogens with one attached hydrogen (secondary N) is 2. The SMILES string of the molecule is Cc1nnc(SCC(=O)Nc2ccccc2C(=O)NC2CCCC2)n1C1CC1. The largest absolute Gasteiger partial charge is 0.349 e. The molecule has 1 aromatic carbocycles. The highest BCUT2D eigenvalue weighted by molar-refractivity contribution is 7.99. The Labute approximate surface area is 168 Å². The molecule has 0 aliphatic heterocycles. The minimum Gasteiger partial charge on any atom is -0.349 e. The van der Waals surface area contributed by atoms with Crippen LogP contribution in [0.1, 0.15) is 60.7 Å². The normalized spacial score (nSPS) is 16.9. The summed E-state index contributed by atoms with van der Waals surface area (Å²) in [6.45, 7) is 1.94. The predicted molar refractivity (Wildman–Crippen MR) is 109 cm³/mol. The van der Waals surface area contributed by atoms with E-state index in [0.29, 0.717) is 17.3 Å². The first-order valence-electron chi connectivity index (χ1n) is 9.86. The first kappa shape index (κ1) is 19.0. The van der Waals surface area contributed by atoms with Crippen LogP contribution < -0.4 is 10.6 Å². The van der Waals surface area contributed by atoms with E-state index in [9.17, 15) is 9.59 Å². The summed E-state index contributed by atoms with van der Waals surface area (Å²) in [5.41, 5.74) is 1.05. The molecule has 28 heavy (non-hydrogen) atoms. The van der Waals surface area contributed by atoms with Gasteiger partial charge in [-0.15, -0.1) is 10.2 Å². The van der Waals surface area contributed by atoms with Crippen LogP contribution >= 0.6 is 11.8 Å². The number of benzene rings is 1. The molecule has 1 heterocycles. The minimum absolute atomic E-state index is 0.125. The van der Waals surface area contributed by atoms with Crippen molar-refractivity contribution in [1.82, 2.24) is 20.1 Å². The van der Waals surface area contributed by atoms with E-state index in [1.807, 2.05) is 19.1 Å². The monoisotopic (exact) mass is 399 g/mol. The van der Waals surface area contributed by atoms with E-state index < -0.39 is 0 Å². The number of anilines is 1. The van der Waals surface area contributed by atoms with Crippen LogP contribution in [0.5, 0.6) is 0 Å². The van der Waals surface area contributed by atoms with E-state index in [-0.39, 0.29) is 23.6 Å². The third-order valence-corrected chi connectivity index (χ3v) is 6.16. The van der Waals surface area contributed by atoms with Crippen molar-refractivity contribution in [2.75, 3.05) is 11.1 Å².